The molecule has 1 saturated heterocycles. The first-order chi connectivity index (χ1) is 7.58. The highest BCUT2D eigenvalue weighted by Gasteiger charge is 2.34. The van der Waals surface area contributed by atoms with Gasteiger partial charge in [-0.3, -0.25) is 10.1 Å². The second kappa shape index (κ2) is 5.34. The molecule has 3 amide bonds. The summed E-state index contributed by atoms with van der Waals surface area (Å²) in [6.07, 6.45) is 4.13. The molecule has 5 heteroatoms. The molecule has 16 heavy (non-hydrogen) atoms. The van der Waals surface area contributed by atoms with E-state index in [1.165, 1.54) is 0 Å². The van der Waals surface area contributed by atoms with Crippen LogP contribution in [-0.4, -0.2) is 25.1 Å². The van der Waals surface area contributed by atoms with Gasteiger partial charge in [-0.15, -0.1) is 6.58 Å². The number of rotatable bonds is 5. The molecule has 0 radical (unpaired) electrons. The van der Waals surface area contributed by atoms with Crippen LogP contribution in [-0.2, 0) is 9.53 Å². The van der Waals surface area contributed by atoms with Crippen molar-refractivity contribution in [1.82, 2.24) is 10.6 Å². The zero-order valence-corrected chi connectivity index (χ0v) is 9.45. The summed E-state index contributed by atoms with van der Waals surface area (Å²) in [4.78, 5) is 22.4. The van der Waals surface area contributed by atoms with Crippen LogP contribution in [0.2, 0.25) is 0 Å². The highest BCUT2D eigenvalue weighted by atomic mass is 16.5. The van der Waals surface area contributed by atoms with Crippen LogP contribution in [0.15, 0.2) is 24.5 Å². The number of carbonyl (C=O) groups is 2. The molecule has 1 aliphatic rings. The fourth-order valence-corrected chi connectivity index (χ4v) is 1.49. The number of nitrogens with one attached hydrogen (secondary N) is 2. The maximum absolute atomic E-state index is 11.4. The SMILES string of the molecule is C=CC(C/C=C(\C)OC)C1NC(=O)NC1=O. The summed E-state index contributed by atoms with van der Waals surface area (Å²) in [5, 5.41) is 4.75. The van der Waals surface area contributed by atoms with Crippen LogP contribution in [0.4, 0.5) is 4.79 Å². The predicted octanol–water partition coefficient (Wildman–Crippen LogP) is 0.937. The first kappa shape index (κ1) is 12.3. The summed E-state index contributed by atoms with van der Waals surface area (Å²) in [6.45, 7) is 5.49. The quantitative estimate of drug-likeness (QED) is 0.415. The summed E-state index contributed by atoms with van der Waals surface area (Å²) >= 11 is 0. The standard InChI is InChI=1S/C11H16N2O3/c1-4-8(6-5-7(2)16-3)9-10(14)13-11(15)12-9/h4-5,8-9H,1,6H2,2-3H3,(H2,12,13,14,15)/b7-5+. The van der Waals surface area contributed by atoms with Crippen molar-refractivity contribution in [2.24, 2.45) is 5.92 Å². The Morgan fingerprint density at radius 1 is 1.62 bits per heavy atom. The number of ether oxygens (including phenoxy) is 1. The Labute approximate surface area is 94.5 Å². The largest absolute Gasteiger partial charge is 0.502 e. The lowest BCUT2D eigenvalue weighted by Crippen LogP contribution is -2.35. The highest BCUT2D eigenvalue weighted by molar-refractivity contribution is 6.04. The van der Waals surface area contributed by atoms with Crippen molar-refractivity contribution in [3.63, 3.8) is 0 Å². The number of allylic oxidation sites excluding steroid dienone is 2. The van der Waals surface area contributed by atoms with Gasteiger partial charge in [-0.05, 0) is 19.4 Å². The fourth-order valence-electron chi connectivity index (χ4n) is 1.49. The molecule has 0 saturated carbocycles. The van der Waals surface area contributed by atoms with Gasteiger partial charge in [-0.25, -0.2) is 4.79 Å². The van der Waals surface area contributed by atoms with E-state index in [2.05, 4.69) is 17.2 Å². The van der Waals surface area contributed by atoms with Crippen LogP contribution in [0.1, 0.15) is 13.3 Å². The second-order valence-electron chi connectivity index (χ2n) is 3.59. The number of methoxy groups -OCH3 is 1. The molecule has 88 valence electrons. The van der Waals surface area contributed by atoms with Crippen molar-refractivity contribution in [2.45, 2.75) is 19.4 Å². The first-order valence-corrected chi connectivity index (χ1v) is 5.03. The summed E-state index contributed by atoms with van der Waals surface area (Å²) in [7, 11) is 1.58. The van der Waals surface area contributed by atoms with Crippen molar-refractivity contribution >= 4 is 11.9 Å². The maximum atomic E-state index is 11.4. The zero-order chi connectivity index (χ0) is 12.1. The van der Waals surface area contributed by atoms with Crippen LogP contribution in [0, 0.1) is 5.92 Å². The molecule has 2 N–H and O–H groups in total. The molecule has 1 aliphatic heterocycles. The van der Waals surface area contributed by atoms with Gasteiger partial charge in [-0.1, -0.05) is 6.08 Å². The van der Waals surface area contributed by atoms with E-state index in [-0.39, 0.29) is 11.8 Å². The van der Waals surface area contributed by atoms with Gasteiger partial charge in [0, 0.05) is 5.92 Å². The van der Waals surface area contributed by atoms with Crippen LogP contribution in [0.25, 0.3) is 0 Å². The summed E-state index contributed by atoms with van der Waals surface area (Å²) < 4.78 is 4.99. The van der Waals surface area contributed by atoms with E-state index in [4.69, 9.17) is 4.74 Å². The van der Waals surface area contributed by atoms with Gasteiger partial charge in [0.25, 0.3) is 5.91 Å². The van der Waals surface area contributed by atoms with Crippen molar-refractivity contribution in [2.75, 3.05) is 7.11 Å². The minimum absolute atomic E-state index is 0.128. The molecule has 0 aromatic heterocycles. The molecule has 0 aliphatic carbocycles. The summed E-state index contributed by atoms with van der Waals surface area (Å²) in [6, 6.07) is -0.986. The molecule has 5 nitrogen and oxygen atoms in total. The number of carbonyl (C=O) groups excluding carboxylic acids is 2. The van der Waals surface area contributed by atoms with Crippen LogP contribution >= 0.6 is 0 Å². The minimum atomic E-state index is -0.536. The van der Waals surface area contributed by atoms with Gasteiger partial charge in [0.2, 0.25) is 0 Å². The Balaban J connectivity index is 2.64. The Morgan fingerprint density at radius 3 is 2.75 bits per heavy atom. The molecule has 1 heterocycles. The molecule has 0 bridgehead atoms. The first-order valence-electron chi connectivity index (χ1n) is 5.03. The smallest absolute Gasteiger partial charge is 0.322 e. The molecule has 2 unspecified atom stereocenters. The number of amides is 3. The van der Waals surface area contributed by atoms with Crippen molar-refractivity contribution in [3.8, 4) is 0 Å². The normalized spacial score (nSPS) is 22.4. The van der Waals surface area contributed by atoms with E-state index in [0.717, 1.165) is 5.76 Å². The van der Waals surface area contributed by atoms with Crippen molar-refractivity contribution in [1.29, 1.82) is 0 Å². The number of imide groups is 1. The molecule has 1 fully saturated rings. The lowest BCUT2D eigenvalue weighted by atomic mass is 9.96. The van der Waals surface area contributed by atoms with Crippen LogP contribution in [0.3, 0.4) is 0 Å². The van der Waals surface area contributed by atoms with E-state index in [9.17, 15) is 9.59 Å². The lowest BCUT2D eigenvalue weighted by Gasteiger charge is -2.15. The third kappa shape index (κ3) is 2.85. The average molecular weight is 224 g/mol. The maximum Gasteiger partial charge on any atom is 0.322 e. The van der Waals surface area contributed by atoms with E-state index >= 15 is 0 Å². The van der Waals surface area contributed by atoms with E-state index in [1.807, 2.05) is 13.0 Å². The molecule has 2 atom stereocenters. The summed E-state index contributed by atoms with van der Waals surface area (Å²) in [5.41, 5.74) is 0. The Hall–Kier alpha value is -1.78. The molecule has 1 rings (SSSR count). The topological polar surface area (TPSA) is 67.4 Å². The summed E-state index contributed by atoms with van der Waals surface area (Å²) in [5.74, 6) is 0.339. The average Bonchev–Trinajstić information content (AvgIpc) is 2.59. The second-order valence-corrected chi connectivity index (χ2v) is 3.59. The monoisotopic (exact) mass is 224 g/mol. The van der Waals surface area contributed by atoms with E-state index in [0.29, 0.717) is 6.42 Å². The van der Waals surface area contributed by atoms with Crippen molar-refractivity contribution in [3.05, 3.63) is 24.5 Å². The van der Waals surface area contributed by atoms with E-state index in [1.54, 1.807) is 13.2 Å². The lowest BCUT2D eigenvalue weighted by molar-refractivity contribution is -0.120. The van der Waals surface area contributed by atoms with Gasteiger partial charge < -0.3 is 10.1 Å². The van der Waals surface area contributed by atoms with E-state index < -0.39 is 12.1 Å². The van der Waals surface area contributed by atoms with Gasteiger partial charge in [0.1, 0.15) is 6.04 Å². The molecular weight excluding hydrogens is 208 g/mol. The highest BCUT2D eigenvalue weighted by Crippen LogP contribution is 2.15. The number of hydrogen-bond donors (Lipinski definition) is 2. The predicted molar refractivity (Wildman–Crippen MR) is 59.5 cm³/mol. The van der Waals surface area contributed by atoms with Crippen molar-refractivity contribution < 1.29 is 14.3 Å². The number of urea groups is 1. The zero-order valence-electron chi connectivity index (χ0n) is 9.45. The molecular formula is C11H16N2O3. The van der Waals surface area contributed by atoms with Gasteiger partial charge in [0.15, 0.2) is 0 Å². The van der Waals surface area contributed by atoms with Crippen LogP contribution in [0.5, 0.6) is 0 Å². The third-order valence-corrected chi connectivity index (χ3v) is 2.54. The van der Waals surface area contributed by atoms with Gasteiger partial charge in [-0.2, -0.15) is 0 Å². The minimum Gasteiger partial charge on any atom is -0.502 e. The molecule has 0 aromatic rings. The Kier molecular flexibility index (Phi) is 4.10. The molecule has 0 spiro atoms. The fraction of sp³-hybridized carbons (Fsp3) is 0.455. The molecule has 0 aromatic carbocycles. The third-order valence-electron chi connectivity index (χ3n) is 2.54. The Morgan fingerprint density at radius 2 is 2.31 bits per heavy atom. The van der Waals surface area contributed by atoms with Crippen LogP contribution < -0.4 is 10.6 Å². The Bertz CT molecular complexity index is 336. The number of hydrogen-bond acceptors (Lipinski definition) is 3. The van der Waals surface area contributed by atoms with Gasteiger partial charge >= 0.3 is 6.03 Å². The van der Waals surface area contributed by atoms with Gasteiger partial charge in [0.05, 0.1) is 12.9 Å².